The molecule has 2 aliphatic carbocycles. The van der Waals surface area contributed by atoms with E-state index < -0.39 is 5.97 Å². The van der Waals surface area contributed by atoms with Gasteiger partial charge in [0, 0.05) is 13.1 Å². The lowest BCUT2D eigenvalue weighted by Gasteiger charge is -2.24. The Hall–Kier alpha value is -1.35. The number of carboxylic acids is 1. The standard InChI is InChI=1S/C18H23NO2/c20-18(21)17-16-6-2-5-15(16)11-19(17)10-12-7-8-13-3-1-4-14(13)9-12/h7-9,15-17H,1-6,10-11H2,(H,20,21). The van der Waals surface area contributed by atoms with Gasteiger partial charge < -0.3 is 5.11 Å². The maximum absolute atomic E-state index is 11.7. The largest absolute Gasteiger partial charge is 0.480 e. The molecule has 3 aliphatic rings. The van der Waals surface area contributed by atoms with Gasteiger partial charge in [0.2, 0.25) is 0 Å². The van der Waals surface area contributed by atoms with Crippen LogP contribution >= 0.6 is 0 Å². The van der Waals surface area contributed by atoms with E-state index in [4.69, 9.17) is 0 Å². The molecule has 1 aromatic carbocycles. The van der Waals surface area contributed by atoms with Crippen LogP contribution in [0.3, 0.4) is 0 Å². The summed E-state index contributed by atoms with van der Waals surface area (Å²) in [7, 11) is 0. The zero-order valence-electron chi connectivity index (χ0n) is 12.4. The van der Waals surface area contributed by atoms with Crippen LogP contribution in [0.4, 0.5) is 0 Å². The van der Waals surface area contributed by atoms with Crippen molar-refractivity contribution in [1.29, 1.82) is 0 Å². The first-order valence-corrected chi connectivity index (χ1v) is 8.30. The Labute approximate surface area is 126 Å². The molecule has 112 valence electrons. The summed E-state index contributed by atoms with van der Waals surface area (Å²) in [4.78, 5) is 13.9. The van der Waals surface area contributed by atoms with E-state index in [2.05, 4.69) is 23.1 Å². The number of hydrogen-bond donors (Lipinski definition) is 1. The number of aliphatic carboxylic acids is 1. The van der Waals surface area contributed by atoms with Crippen molar-refractivity contribution in [3.8, 4) is 0 Å². The second kappa shape index (κ2) is 5.13. The zero-order valence-corrected chi connectivity index (χ0v) is 12.4. The second-order valence-electron chi connectivity index (χ2n) is 7.02. The van der Waals surface area contributed by atoms with E-state index in [-0.39, 0.29) is 6.04 Å². The summed E-state index contributed by atoms with van der Waals surface area (Å²) in [5.74, 6) is 0.378. The monoisotopic (exact) mass is 285 g/mol. The van der Waals surface area contributed by atoms with Crippen molar-refractivity contribution in [3.63, 3.8) is 0 Å². The van der Waals surface area contributed by atoms with E-state index in [9.17, 15) is 9.90 Å². The topological polar surface area (TPSA) is 40.5 Å². The van der Waals surface area contributed by atoms with Crippen LogP contribution in [-0.4, -0.2) is 28.6 Å². The van der Waals surface area contributed by atoms with Crippen LogP contribution in [0.5, 0.6) is 0 Å². The predicted molar refractivity (Wildman–Crippen MR) is 81.1 cm³/mol. The van der Waals surface area contributed by atoms with Crippen LogP contribution in [0.25, 0.3) is 0 Å². The molecule has 0 radical (unpaired) electrons. The summed E-state index contributed by atoms with van der Waals surface area (Å²) in [6.07, 6.45) is 7.20. The molecule has 0 amide bonds. The quantitative estimate of drug-likeness (QED) is 0.928. The first kappa shape index (κ1) is 13.3. The van der Waals surface area contributed by atoms with Crippen molar-refractivity contribution in [2.45, 2.75) is 51.1 Å². The molecule has 0 bridgehead atoms. The highest BCUT2D eigenvalue weighted by atomic mass is 16.4. The summed E-state index contributed by atoms with van der Waals surface area (Å²) in [6, 6.07) is 6.52. The van der Waals surface area contributed by atoms with Gasteiger partial charge in [0.05, 0.1) is 0 Å². The van der Waals surface area contributed by atoms with Gasteiger partial charge in [-0.05, 0) is 60.6 Å². The number of hydrogen-bond acceptors (Lipinski definition) is 2. The van der Waals surface area contributed by atoms with Crippen LogP contribution in [0, 0.1) is 11.8 Å². The first-order chi connectivity index (χ1) is 10.2. The van der Waals surface area contributed by atoms with Gasteiger partial charge >= 0.3 is 5.97 Å². The Morgan fingerprint density at radius 2 is 2.05 bits per heavy atom. The molecule has 21 heavy (non-hydrogen) atoms. The molecule has 1 N–H and O–H groups in total. The molecule has 4 rings (SSSR count). The van der Waals surface area contributed by atoms with E-state index in [0.29, 0.717) is 11.8 Å². The number of benzene rings is 1. The summed E-state index contributed by atoms with van der Waals surface area (Å²) in [6.45, 7) is 1.77. The minimum Gasteiger partial charge on any atom is -0.480 e. The molecule has 3 nitrogen and oxygen atoms in total. The average Bonchev–Trinajstić information content (AvgIpc) is 3.11. The van der Waals surface area contributed by atoms with Crippen molar-refractivity contribution >= 4 is 5.97 Å². The number of rotatable bonds is 3. The molecular weight excluding hydrogens is 262 g/mol. The number of fused-ring (bicyclic) bond motifs is 2. The zero-order chi connectivity index (χ0) is 14.4. The van der Waals surface area contributed by atoms with Crippen molar-refractivity contribution in [2.24, 2.45) is 11.8 Å². The third-order valence-corrected chi connectivity index (χ3v) is 5.79. The van der Waals surface area contributed by atoms with Crippen LogP contribution in [0.1, 0.15) is 42.4 Å². The van der Waals surface area contributed by atoms with Gasteiger partial charge in [-0.15, -0.1) is 0 Å². The summed E-state index contributed by atoms with van der Waals surface area (Å²) in [5.41, 5.74) is 4.27. The molecule has 3 atom stereocenters. The van der Waals surface area contributed by atoms with E-state index in [0.717, 1.165) is 19.5 Å². The fraction of sp³-hybridized carbons (Fsp3) is 0.611. The summed E-state index contributed by atoms with van der Waals surface area (Å²) >= 11 is 0. The molecule has 3 unspecified atom stereocenters. The second-order valence-corrected chi connectivity index (χ2v) is 7.02. The Bertz CT molecular complexity index is 568. The number of carbonyl (C=O) groups is 1. The minimum absolute atomic E-state index is 0.259. The lowest BCUT2D eigenvalue weighted by Crippen LogP contribution is -2.39. The lowest BCUT2D eigenvalue weighted by molar-refractivity contribution is -0.143. The van der Waals surface area contributed by atoms with Crippen LogP contribution in [0.2, 0.25) is 0 Å². The van der Waals surface area contributed by atoms with Crippen molar-refractivity contribution in [2.75, 3.05) is 6.54 Å². The Balaban J connectivity index is 1.54. The maximum atomic E-state index is 11.7. The predicted octanol–water partition coefficient (Wildman–Crippen LogP) is 2.86. The molecule has 0 aromatic heterocycles. The van der Waals surface area contributed by atoms with Crippen molar-refractivity contribution < 1.29 is 9.90 Å². The van der Waals surface area contributed by atoms with Crippen molar-refractivity contribution in [3.05, 3.63) is 34.9 Å². The highest BCUT2D eigenvalue weighted by Crippen LogP contribution is 2.42. The van der Waals surface area contributed by atoms with Crippen LogP contribution < -0.4 is 0 Å². The molecular formula is C18H23NO2. The number of nitrogens with zero attached hydrogens (tertiary/aromatic N) is 1. The smallest absolute Gasteiger partial charge is 0.321 e. The number of carboxylic acid groups (broad SMARTS) is 1. The summed E-state index contributed by atoms with van der Waals surface area (Å²) in [5, 5.41) is 9.62. The molecule has 0 spiro atoms. The fourth-order valence-corrected chi connectivity index (χ4v) is 4.85. The molecule has 2 fully saturated rings. The molecule has 1 aromatic rings. The highest BCUT2D eigenvalue weighted by Gasteiger charge is 2.47. The average molecular weight is 285 g/mol. The van der Waals surface area contributed by atoms with E-state index in [1.807, 2.05) is 0 Å². The van der Waals surface area contributed by atoms with E-state index >= 15 is 0 Å². The molecule has 1 heterocycles. The third-order valence-electron chi connectivity index (χ3n) is 5.79. The SMILES string of the molecule is O=C(O)C1C2CCCC2CN1Cc1ccc2c(c1)CCC2. The maximum Gasteiger partial charge on any atom is 0.321 e. The van der Waals surface area contributed by atoms with Crippen LogP contribution in [-0.2, 0) is 24.2 Å². The van der Waals surface area contributed by atoms with Gasteiger partial charge in [-0.1, -0.05) is 24.6 Å². The van der Waals surface area contributed by atoms with Gasteiger partial charge in [-0.2, -0.15) is 0 Å². The Morgan fingerprint density at radius 3 is 2.90 bits per heavy atom. The van der Waals surface area contributed by atoms with Gasteiger partial charge in [0.15, 0.2) is 0 Å². The fourth-order valence-electron chi connectivity index (χ4n) is 4.85. The Kier molecular flexibility index (Phi) is 3.26. The van der Waals surface area contributed by atoms with Crippen LogP contribution in [0.15, 0.2) is 18.2 Å². The van der Waals surface area contributed by atoms with Gasteiger partial charge in [-0.25, -0.2) is 0 Å². The number of aryl methyl sites for hydroxylation is 2. The molecule has 1 aliphatic heterocycles. The third kappa shape index (κ3) is 2.28. The van der Waals surface area contributed by atoms with Crippen molar-refractivity contribution in [1.82, 2.24) is 4.90 Å². The Morgan fingerprint density at radius 1 is 1.19 bits per heavy atom. The number of likely N-dealkylation sites (tertiary alicyclic amines) is 1. The normalized spacial score (nSPS) is 31.3. The van der Waals surface area contributed by atoms with E-state index in [1.165, 1.54) is 48.8 Å². The minimum atomic E-state index is -0.620. The van der Waals surface area contributed by atoms with Gasteiger partial charge in [0.25, 0.3) is 0 Å². The summed E-state index contributed by atoms with van der Waals surface area (Å²) < 4.78 is 0. The van der Waals surface area contributed by atoms with E-state index in [1.54, 1.807) is 0 Å². The molecule has 1 saturated carbocycles. The lowest BCUT2D eigenvalue weighted by atomic mass is 9.94. The van der Waals surface area contributed by atoms with Gasteiger partial charge in [0.1, 0.15) is 6.04 Å². The highest BCUT2D eigenvalue weighted by molar-refractivity contribution is 5.74. The molecule has 3 heteroatoms. The van der Waals surface area contributed by atoms with Gasteiger partial charge in [-0.3, -0.25) is 9.69 Å². The first-order valence-electron chi connectivity index (χ1n) is 8.30. The molecule has 1 saturated heterocycles.